The fourth-order valence-electron chi connectivity index (χ4n) is 3.06. The third kappa shape index (κ3) is 7.76. The summed E-state index contributed by atoms with van der Waals surface area (Å²) in [5, 5.41) is 19.9. The molecular weight excluding hydrogens is 519 g/mol. The molecule has 3 amide bonds. The van der Waals surface area contributed by atoms with Gasteiger partial charge in [0, 0.05) is 30.8 Å². The molecule has 0 radical (unpaired) electrons. The number of carbonyl (C=O) groups excluding carboxylic acids is 3. The van der Waals surface area contributed by atoms with Crippen LogP contribution in [0.15, 0.2) is 41.0 Å². The number of carbonyl (C=O) groups is 4. The van der Waals surface area contributed by atoms with Crippen LogP contribution in [0.25, 0.3) is 6.08 Å². The maximum absolute atomic E-state index is 12.7. The summed E-state index contributed by atoms with van der Waals surface area (Å²) in [4.78, 5) is 48.4. The Balaban J connectivity index is 1.58. The average molecular weight is 541 g/mol. The smallest absolute Gasteiger partial charge is 0.328 e. The first-order chi connectivity index (χ1) is 16.7. The Morgan fingerprint density at radius 3 is 2.57 bits per heavy atom. The predicted molar refractivity (Wildman–Crippen MR) is 132 cm³/mol. The number of hydrogen-bond acceptors (Lipinski definition) is 7. The molecule has 1 aliphatic rings. The molecule has 2 aromatic rings. The summed E-state index contributed by atoms with van der Waals surface area (Å²) in [5.74, 6) is -1.14. The number of carboxylic acids is 1. The quantitative estimate of drug-likeness (QED) is 0.286. The number of halogens is 2. The van der Waals surface area contributed by atoms with Crippen LogP contribution >= 0.6 is 35.0 Å². The number of rotatable bonds is 10. The zero-order valence-corrected chi connectivity index (χ0v) is 20.5. The first-order valence-corrected chi connectivity index (χ1v) is 12.3. The Labute approximate surface area is 214 Å². The predicted octanol–water partition coefficient (Wildman–Crippen LogP) is 1.88. The lowest BCUT2D eigenvalue weighted by Crippen LogP contribution is -2.51. The molecule has 10 nitrogen and oxygen atoms in total. The Bertz CT molecular complexity index is 1100. The molecule has 0 unspecified atom stereocenters. The number of nitrogens with one attached hydrogen (secondary N) is 4. The maximum Gasteiger partial charge on any atom is 0.328 e. The van der Waals surface area contributed by atoms with Gasteiger partial charge in [-0.25, -0.2) is 4.79 Å². The molecule has 1 saturated heterocycles. The Morgan fingerprint density at radius 1 is 1.23 bits per heavy atom. The van der Waals surface area contributed by atoms with Crippen molar-refractivity contribution in [3.8, 4) is 0 Å². The fraction of sp³-hybridized carbons (Fsp3) is 0.273. The number of carboxylic acid groups (broad SMARTS) is 1. The average Bonchev–Trinajstić information content (AvgIpc) is 3.52. The van der Waals surface area contributed by atoms with Crippen molar-refractivity contribution < 1.29 is 28.7 Å². The molecule has 1 aromatic carbocycles. The van der Waals surface area contributed by atoms with E-state index in [9.17, 15) is 24.3 Å². The Hall–Kier alpha value is -2.99. The highest BCUT2D eigenvalue weighted by Gasteiger charge is 2.27. The van der Waals surface area contributed by atoms with Crippen LogP contribution in [0.1, 0.15) is 21.7 Å². The van der Waals surface area contributed by atoms with Gasteiger partial charge in [-0.3, -0.25) is 19.7 Å². The standard InChI is InChI=1S/C22H22Cl2N4O6S/c23-14-6-12(8-25-18(29)4-3-13-2-1-5-34-13)7-15(24)19(14)21(31)28-16(22(32)33)9-26-20(30)17-10-35-11-27-17/h1-7,16-17,27H,8-11H2,(H,25,29)(H,26,30)(H,28,31)(H,32,33)/t16-,17-/m0/s1. The van der Waals surface area contributed by atoms with Gasteiger partial charge in [-0.15, -0.1) is 11.8 Å². The van der Waals surface area contributed by atoms with Gasteiger partial charge in [-0.05, 0) is 35.9 Å². The van der Waals surface area contributed by atoms with Gasteiger partial charge in [0.1, 0.15) is 11.8 Å². The normalized spacial score (nSPS) is 16.1. The van der Waals surface area contributed by atoms with Crippen molar-refractivity contribution >= 4 is 64.7 Å². The lowest BCUT2D eigenvalue weighted by molar-refractivity contribution is -0.139. The van der Waals surface area contributed by atoms with E-state index in [1.165, 1.54) is 30.5 Å². The Kier molecular flexibility index (Phi) is 9.61. The van der Waals surface area contributed by atoms with E-state index in [-0.39, 0.29) is 40.5 Å². The van der Waals surface area contributed by atoms with Gasteiger partial charge >= 0.3 is 5.97 Å². The molecule has 13 heteroatoms. The van der Waals surface area contributed by atoms with Gasteiger partial charge in [-0.1, -0.05) is 23.2 Å². The van der Waals surface area contributed by atoms with Crippen molar-refractivity contribution in [1.29, 1.82) is 0 Å². The number of furan rings is 1. The monoisotopic (exact) mass is 540 g/mol. The van der Waals surface area contributed by atoms with E-state index < -0.39 is 24.0 Å². The second-order valence-electron chi connectivity index (χ2n) is 7.38. The molecule has 5 N–H and O–H groups in total. The highest BCUT2D eigenvalue weighted by atomic mass is 35.5. The van der Waals surface area contributed by atoms with Crippen molar-refractivity contribution in [2.75, 3.05) is 18.2 Å². The van der Waals surface area contributed by atoms with Crippen molar-refractivity contribution in [3.63, 3.8) is 0 Å². The summed E-state index contributed by atoms with van der Waals surface area (Å²) >= 11 is 14.0. The van der Waals surface area contributed by atoms with Gasteiger partial charge in [0.25, 0.3) is 5.91 Å². The Morgan fingerprint density at radius 2 is 1.97 bits per heavy atom. The van der Waals surface area contributed by atoms with E-state index >= 15 is 0 Å². The third-order valence-electron chi connectivity index (χ3n) is 4.85. The summed E-state index contributed by atoms with van der Waals surface area (Å²) < 4.78 is 5.11. The minimum absolute atomic E-state index is 0.0225. The third-order valence-corrected chi connectivity index (χ3v) is 6.39. The molecule has 0 aliphatic carbocycles. The zero-order chi connectivity index (χ0) is 25.4. The van der Waals surface area contributed by atoms with E-state index in [0.29, 0.717) is 23.0 Å². The molecule has 3 rings (SSSR count). The van der Waals surface area contributed by atoms with Gasteiger partial charge < -0.3 is 25.5 Å². The van der Waals surface area contributed by atoms with Crippen molar-refractivity contribution in [3.05, 3.63) is 63.5 Å². The molecule has 2 atom stereocenters. The molecule has 0 spiro atoms. The van der Waals surface area contributed by atoms with Crippen LogP contribution in [0.3, 0.4) is 0 Å². The molecule has 1 fully saturated rings. The van der Waals surface area contributed by atoms with E-state index in [4.69, 9.17) is 27.6 Å². The van der Waals surface area contributed by atoms with E-state index in [1.54, 1.807) is 23.9 Å². The topological polar surface area (TPSA) is 150 Å². The lowest BCUT2D eigenvalue weighted by Gasteiger charge is -2.18. The highest BCUT2D eigenvalue weighted by Crippen LogP contribution is 2.27. The van der Waals surface area contributed by atoms with E-state index in [1.807, 2.05) is 0 Å². The summed E-state index contributed by atoms with van der Waals surface area (Å²) in [6.45, 7) is -0.229. The number of aliphatic carboxylic acids is 1. The first-order valence-electron chi connectivity index (χ1n) is 10.3. The number of amides is 3. The maximum atomic E-state index is 12.7. The van der Waals surface area contributed by atoms with Crippen molar-refractivity contribution in [2.45, 2.75) is 18.6 Å². The van der Waals surface area contributed by atoms with Gasteiger partial charge in [0.2, 0.25) is 11.8 Å². The van der Waals surface area contributed by atoms with E-state index in [0.717, 1.165) is 0 Å². The van der Waals surface area contributed by atoms with E-state index in [2.05, 4.69) is 21.3 Å². The van der Waals surface area contributed by atoms with Crippen LogP contribution in [-0.2, 0) is 20.9 Å². The van der Waals surface area contributed by atoms with Crippen LogP contribution in [0.4, 0.5) is 0 Å². The zero-order valence-electron chi connectivity index (χ0n) is 18.2. The van der Waals surface area contributed by atoms with Crippen LogP contribution in [0, 0.1) is 0 Å². The second-order valence-corrected chi connectivity index (χ2v) is 9.23. The molecule has 0 bridgehead atoms. The first kappa shape index (κ1) is 26.6. The summed E-state index contributed by atoms with van der Waals surface area (Å²) in [7, 11) is 0. The molecule has 0 saturated carbocycles. The highest BCUT2D eigenvalue weighted by molar-refractivity contribution is 7.99. The van der Waals surface area contributed by atoms with Crippen molar-refractivity contribution in [2.24, 2.45) is 0 Å². The van der Waals surface area contributed by atoms with Crippen LogP contribution in [0.5, 0.6) is 0 Å². The summed E-state index contributed by atoms with van der Waals surface area (Å²) in [6, 6.07) is 4.47. The molecule has 1 aliphatic heterocycles. The van der Waals surface area contributed by atoms with Gasteiger partial charge in [0.05, 0.1) is 27.9 Å². The number of thioether (sulfide) groups is 1. The second kappa shape index (κ2) is 12.6. The molecule has 1 aromatic heterocycles. The van der Waals surface area contributed by atoms with Crippen LogP contribution in [-0.4, -0.2) is 59.1 Å². The molecular formula is C22H22Cl2N4O6S. The molecule has 2 heterocycles. The van der Waals surface area contributed by atoms with Crippen LogP contribution in [0.2, 0.25) is 10.0 Å². The SMILES string of the molecule is O=C(C=Cc1ccco1)NCc1cc(Cl)c(C(=O)N[C@@H](CNC(=O)[C@@H]2CSCN2)C(=O)O)c(Cl)c1. The molecule has 35 heavy (non-hydrogen) atoms. The van der Waals surface area contributed by atoms with Crippen molar-refractivity contribution in [1.82, 2.24) is 21.3 Å². The largest absolute Gasteiger partial charge is 0.480 e. The molecule has 186 valence electrons. The lowest BCUT2D eigenvalue weighted by atomic mass is 10.1. The summed E-state index contributed by atoms with van der Waals surface area (Å²) in [6.07, 6.45) is 4.30. The number of hydrogen-bond donors (Lipinski definition) is 5. The van der Waals surface area contributed by atoms with Crippen LogP contribution < -0.4 is 21.3 Å². The number of benzene rings is 1. The fourth-order valence-corrected chi connectivity index (χ4v) is 4.70. The minimum Gasteiger partial charge on any atom is -0.480 e. The van der Waals surface area contributed by atoms with Gasteiger partial charge in [0.15, 0.2) is 0 Å². The van der Waals surface area contributed by atoms with Gasteiger partial charge in [-0.2, -0.15) is 0 Å². The minimum atomic E-state index is -1.40. The summed E-state index contributed by atoms with van der Waals surface area (Å²) in [5.41, 5.74) is 0.410.